The molecule has 138 valence electrons. The van der Waals surface area contributed by atoms with Crippen molar-refractivity contribution in [1.29, 1.82) is 0 Å². The van der Waals surface area contributed by atoms with Gasteiger partial charge in [0.15, 0.2) is 0 Å². The Hall–Kier alpha value is -1.91. The molecule has 3 rings (SSSR count). The van der Waals surface area contributed by atoms with E-state index < -0.39 is 0 Å². The predicted octanol–water partition coefficient (Wildman–Crippen LogP) is 5.52. The first-order valence-corrected chi connectivity index (χ1v) is 9.55. The standard InChI is InChI=1S/C20H23Cl2N3O/c1-12-9-17(23)18(11-19(12)25-8-4-3-5-13(25)2)24-20(26)14-6-7-15(21)16(22)10-14/h6-7,9-11,13H,3-5,8,23H2,1-2H3,(H,24,26)/t13-/m0/s1. The summed E-state index contributed by atoms with van der Waals surface area (Å²) in [7, 11) is 0. The van der Waals surface area contributed by atoms with Crippen LogP contribution in [0.5, 0.6) is 0 Å². The Kier molecular flexibility index (Phi) is 5.64. The van der Waals surface area contributed by atoms with Crippen molar-refractivity contribution in [3.63, 3.8) is 0 Å². The van der Waals surface area contributed by atoms with Crippen LogP contribution in [0.1, 0.15) is 42.1 Å². The highest BCUT2D eigenvalue weighted by atomic mass is 35.5. The first-order valence-electron chi connectivity index (χ1n) is 8.80. The molecule has 0 radical (unpaired) electrons. The van der Waals surface area contributed by atoms with Crippen LogP contribution in [0.15, 0.2) is 30.3 Å². The number of halogens is 2. The van der Waals surface area contributed by atoms with Gasteiger partial charge >= 0.3 is 0 Å². The number of anilines is 3. The van der Waals surface area contributed by atoms with E-state index in [-0.39, 0.29) is 5.91 Å². The van der Waals surface area contributed by atoms with E-state index in [1.807, 2.05) is 12.1 Å². The molecule has 1 atom stereocenters. The minimum Gasteiger partial charge on any atom is -0.397 e. The molecule has 0 bridgehead atoms. The van der Waals surface area contributed by atoms with Crippen molar-refractivity contribution in [1.82, 2.24) is 0 Å². The van der Waals surface area contributed by atoms with Gasteiger partial charge in [0.05, 0.1) is 21.4 Å². The van der Waals surface area contributed by atoms with Gasteiger partial charge < -0.3 is 16.0 Å². The van der Waals surface area contributed by atoms with E-state index >= 15 is 0 Å². The fourth-order valence-electron chi connectivity index (χ4n) is 3.42. The van der Waals surface area contributed by atoms with Crippen molar-refractivity contribution in [3.05, 3.63) is 51.5 Å². The number of piperidine rings is 1. The minimum atomic E-state index is -0.267. The smallest absolute Gasteiger partial charge is 0.255 e. The molecule has 26 heavy (non-hydrogen) atoms. The van der Waals surface area contributed by atoms with Crippen LogP contribution in [0.25, 0.3) is 0 Å². The lowest BCUT2D eigenvalue weighted by Gasteiger charge is -2.36. The maximum atomic E-state index is 12.6. The zero-order chi connectivity index (χ0) is 18.8. The van der Waals surface area contributed by atoms with Crippen molar-refractivity contribution in [2.45, 2.75) is 39.2 Å². The molecule has 4 nitrogen and oxygen atoms in total. The predicted molar refractivity (Wildman–Crippen MR) is 111 cm³/mol. The highest BCUT2D eigenvalue weighted by molar-refractivity contribution is 6.42. The summed E-state index contributed by atoms with van der Waals surface area (Å²) in [5.41, 5.74) is 9.98. The normalized spacial score (nSPS) is 17.2. The fraction of sp³-hybridized carbons (Fsp3) is 0.350. The molecule has 3 N–H and O–H groups in total. The Morgan fingerprint density at radius 2 is 1.96 bits per heavy atom. The van der Waals surface area contributed by atoms with Crippen LogP contribution in [0, 0.1) is 6.92 Å². The maximum Gasteiger partial charge on any atom is 0.255 e. The number of amides is 1. The highest BCUT2D eigenvalue weighted by Gasteiger charge is 2.21. The van der Waals surface area contributed by atoms with Crippen LogP contribution in [0.4, 0.5) is 17.1 Å². The van der Waals surface area contributed by atoms with Crippen LogP contribution >= 0.6 is 23.2 Å². The van der Waals surface area contributed by atoms with Crippen molar-refractivity contribution in [2.75, 3.05) is 22.5 Å². The lowest BCUT2D eigenvalue weighted by molar-refractivity contribution is 0.102. The summed E-state index contributed by atoms with van der Waals surface area (Å²) < 4.78 is 0. The number of hydrogen-bond donors (Lipinski definition) is 2. The monoisotopic (exact) mass is 391 g/mol. The SMILES string of the molecule is Cc1cc(N)c(NC(=O)c2ccc(Cl)c(Cl)c2)cc1N1CCCC[C@@H]1C. The third-order valence-corrected chi connectivity index (χ3v) is 5.65. The molecule has 1 aliphatic rings. The van der Waals surface area contributed by atoms with Gasteiger partial charge in [0.25, 0.3) is 5.91 Å². The quantitative estimate of drug-likeness (QED) is 0.677. The Bertz CT molecular complexity index is 838. The Morgan fingerprint density at radius 1 is 1.19 bits per heavy atom. The van der Waals surface area contributed by atoms with Crippen molar-refractivity contribution in [2.24, 2.45) is 0 Å². The Morgan fingerprint density at radius 3 is 2.65 bits per heavy atom. The van der Waals surface area contributed by atoms with E-state index in [1.165, 1.54) is 19.3 Å². The summed E-state index contributed by atoms with van der Waals surface area (Å²) in [6.07, 6.45) is 3.61. The first-order chi connectivity index (χ1) is 12.4. The molecule has 1 saturated heterocycles. The van der Waals surface area contributed by atoms with Crippen LogP contribution < -0.4 is 16.0 Å². The van der Waals surface area contributed by atoms with Gasteiger partial charge in [0.2, 0.25) is 0 Å². The lowest BCUT2D eigenvalue weighted by atomic mass is 10.0. The first kappa shape index (κ1) is 18.9. The summed E-state index contributed by atoms with van der Waals surface area (Å²) >= 11 is 11.9. The van der Waals surface area contributed by atoms with E-state index in [9.17, 15) is 4.79 Å². The van der Waals surface area contributed by atoms with Crippen LogP contribution in [0.3, 0.4) is 0 Å². The van der Waals surface area contributed by atoms with Gasteiger partial charge in [-0.3, -0.25) is 4.79 Å². The van der Waals surface area contributed by atoms with Gasteiger partial charge in [0.1, 0.15) is 0 Å². The molecule has 6 heteroatoms. The van der Waals surface area contributed by atoms with E-state index in [1.54, 1.807) is 18.2 Å². The molecule has 1 heterocycles. The van der Waals surface area contributed by atoms with Crippen molar-refractivity contribution in [3.8, 4) is 0 Å². The molecular formula is C20H23Cl2N3O. The third kappa shape index (κ3) is 3.92. The zero-order valence-electron chi connectivity index (χ0n) is 15.0. The number of aryl methyl sites for hydroxylation is 1. The Labute approximate surface area is 164 Å². The van der Waals surface area contributed by atoms with Crippen molar-refractivity contribution >= 4 is 46.2 Å². The van der Waals surface area contributed by atoms with Gasteiger partial charge in [-0.05, 0) is 69.0 Å². The second-order valence-corrected chi connectivity index (χ2v) is 7.66. The number of nitrogens with zero attached hydrogens (tertiary/aromatic N) is 1. The van der Waals surface area contributed by atoms with Gasteiger partial charge in [-0.1, -0.05) is 23.2 Å². The van der Waals surface area contributed by atoms with Crippen LogP contribution in [0.2, 0.25) is 10.0 Å². The molecule has 2 aromatic carbocycles. The van der Waals surface area contributed by atoms with Crippen LogP contribution in [-0.2, 0) is 0 Å². The molecule has 0 aromatic heterocycles. The van der Waals surface area contributed by atoms with Crippen molar-refractivity contribution < 1.29 is 4.79 Å². The maximum absolute atomic E-state index is 12.6. The van der Waals surface area contributed by atoms with Crippen LogP contribution in [-0.4, -0.2) is 18.5 Å². The average molecular weight is 392 g/mol. The molecule has 2 aromatic rings. The second-order valence-electron chi connectivity index (χ2n) is 6.85. The minimum absolute atomic E-state index is 0.267. The van der Waals surface area contributed by atoms with E-state index in [0.717, 1.165) is 17.8 Å². The summed E-state index contributed by atoms with van der Waals surface area (Å²) in [5, 5.41) is 3.66. The number of rotatable bonds is 3. The highest BCUT2D eigenvalue weighted by Crippen LogP contribution is 2.34. The van der Waals surface area contributed by atoms with E-state index in [0.29, 0.717) is 33.0 Å². The molecule has 1 aliphatic heterocycles. The molecule has 0 saturated carbocycles. The van der Waals surface area contributed by atoms with E-state index in [2.05, 4.69) is 24.1 Å². The van der Waals surface area contributed by atoms with Gasteiger partial charge in [-0.15, -0.1) is 0 Å². The van der Waals surface area contributed by atoms with Gasteiger partial charge in [0, 0.05) is 23.8 Å². The summed E-state index contributed by atoms with van der Waals surface area (Å²) in [6, 6.07) is 9.17. The molecule has 0 unspecified atom stereocenters. The summed E-state index contributed by atoms with van der Waals surface area (Å²) in [4.78, 5) is 15.0. The van der Waals surface area contributed by atoms with Gasteiger partial charge in [-0.25, -0.2) is 0 Å². The number of benzene rings is 2. The largest absolute Gasteiger partial charge is 0.397 e. The number of hydrogen-bond acceptors (Lipinski definition) is 3. The average Bonchev–Trinajstić information content (AvgIpc) is 2.60. The molecule has 1 fully saturated rings. The number of carbonyl (C=O) groups is 1. The number of carbonyl (C=O) groups excluding carboxylic acids is 1. The molecular weight excluding hydrogens is 369 g/mol. The zero-order valence-corrected chi connectivity index (χ0v) is 16.5. The number of nitrogens with one attached hydrogen (secondary N) is 1. The summed E-state index contributed by atoms with van der Waals surface area (Å²) in [5.74, 6) is -0.267. The number of nitrogen functional groups attached to an aromatic ring is 1. The molecule has 0 spiro atoms. The fourth-order valence-corrected chi connectivity index (χ4v) is 3.72. The molecule has 0 aliphatic carbocycles. The summed E-state index contributed by atoms with van der Waals surface area (Å²) in [6.45, 7) is 5.31. The lowest BCUT2D eigenvalue weighted by Crippen LogP contribution is -2.37. The third-order valence-electron chi connectivity index (χ3n) is 4.91. The number of nitrogens with two attached hydrogens (primary N) is 1. The van der Waals surface area contributed by atoms with Gasteiger partial charge in [-0.2, -0.15) is 0 Å². The molecule has 1 amide bonds. The topological polar surface area (TPSA) is 58.4 Å². The van der Waals surface area contributed by atoms with E-state index in [4.69, 9.17) is 28.9 Å². The Balaban J connectivity index is 1.88. The second kappa shape index (κ2) is 7.77.